The second kappa shape index (κ2) is 6.18. The number of esters is 1. The van der Waals surface area contributed by atoms with E-state index < -0.39 is 12.1 Å². The number of aromatic nitrogens is 2. The highest BCUT2D eigenvalue weighted by Gasteiger charge is 2.21. The second-order valence-electron chi connectivity index (χ2n) is 5.45. The molecule has 1 aliphatic rings. The fourth-order valence-electron chi connectivity index (χ4n) is 2.48. The van der Waals surface area contributed by atoms with Crippen LogP contribution < -0.4 is 0 Å². The molecular weight excluding hydrogens is 328 g/mol. The van der Waals surface area contributed by atoms with Crippen molar-refractivity contribution >= 4 is 17.3 Å². The summed E-state index contributed by atoms with van der Waals surface area (Å²) in [6, 6.07) is 9.25. The van der Waals surface area contributed by atoms with Gasteiger partial charge in [0.2, 0.25) is 0 Å². The number of ether oxygens (including phenoxy) is 2. The topological polar surface area (TPSA) is 74.5 Å². The Labute approximate surface area is 142 Å². The third-order valence-corrected chi connectivity index (χ3v) is 4.62. The summed E-state index contributed by atoms with van der Waals surface area (Å²) >= 11 is 1.51. The van der Waals surface area contributed by atoms with Crippen LogP contribution in [0.25, 0.3) is 10.8 Å². The van der Waals surface area contributed by atoms with Gasteiger partial charge in [-0.25, -0.2) is 4.79 Å². The zero-order chi connectivity index (χ0) is 16.5. The van der Waals surface area contributed by atoms with Crippen molar-refractivity contribution in [3.05, 3.63) is 58.3 Å². The van der Waals surface area contributed by atoms with Crippen LogP contribution in [0.1, 0.15) is 40.4 Å². The molecule has 3 heterocycles. The van der Waals surface area contributed by atoms with Crippen LogP contribution in [-0.4, -0.2) is 16.2 Å². The van der Waals surface area contributed by atoms with Crippen LogP contribution in [0.2, 0.25) is 0 Å². The fourth-order valence-corrected chi connectivity index (χ4v) is 3.12. The summed E-state index contributed by atoms with van der Waals surface area (Å²) in [7, 11) is 0. The summed E-state index contributed by atoms with van der Waals surface area (Å²) in [5, 5.41) is 9.89. The number of thiophene rings is 1. The molecule has 7 heteroatoms. The quantitative estimate of drug-likeness (QED) is 0.672. The smallest absolute Gasteiger partial charge is 0.338 e. The molecule has 0 unspecified atom stereocenters. The Bertz CT molecular complexity index is 873. The van der Waals surface area contributed by atoms with E-state index in [0.29, 0.717) is 24.7 Å². The average molecular weight is 342 g/mol. The first-order chi connectivity index (χ1) is 11.7. The van der Waals surface area contributed by atoms with E-state index in [1.165, 1.54) is 11.3 Å². The third kappa shape index (κ3) is 2.83. The molecule has 0 bridgehead atoms. The van der Waals surface area contributed by atoms with Crippen LogP contribution in [0.4, 0.5) is 0 Å². The fraction of sp³-hybridized carbons (Fsp3) is 0.235. The van der Waals surface area contributed by atoms with Crippen LogP contribution >= 0.6 is 11.3 Å². The van der Waals surface area contributed by atoms with Crippen LogP contribution in [-0.2, 0) is 22.7 Å². The lowest BCUT2D eigenvalue weighted by molar-refractivity contribution is 0.0279. The molecule has 1 aromatic carbocycles. The van der Waals surface area contributed by atoms with Gasteiger partial charge < -0.3 is 13.9 Å². The van der Waals surface area contributed by atoms with Gasteiger partial charge in [0, 0.05) is 0 Å². The SMILES string of the molecule is C[C@@H](OC(=O)c1ccc2c(c1)COC2)c1nnc(-c2cccs2)o1. The van der Waals surface area contributed by atoms with Gasteiger partial charge in [-0.05, 0) is 41.6 Å². The van der Waals surface area contributed by atoms with Crippen molar-refractivity contribution in [2.45, 2.75) is 26.2 Å². The van der Waals surface area contributed by atoms with E-state index in [2.05, 4.69) is 10.2 Å². The van der Waals surface area contributed by atoms with Crippen molar-refractivity contribution in [3.63, 3.8) is 0 Å². The molecule has 2 aromatic heterocycles. The van der Waals surface area contributed by atoms with Crippen molar-refractivity contribution in [2.24, 2.45) is 0 Å². The Morgan fingerprint density at radius 2 is 2.12 bits per heavy atom. The lowest BCUT2D eigenvalue weighted by atomic mass is 10.1. The molecule has 0 saturated carbocycles. The van der Waals surface area contributed by atoms with Crippen LogP contribution in [0, 0.1) is 0 Å². The molecule has 6 nitrogen and oxygen atoms in total. The maximum atomic E-state index is 12.3. The second-order valence-corrected chi connectivity index (χ2v) is 6.39. The predicted molar refractivity (Wildman–Crippen MR) is 86.4 cm³/mol. The van der Waals surface area contributed by atoms with Crippen molar-refractivity contribution in [1.82, 2.24) is 10.2 Å². The number of hydrogen-bond donors (Lipinski definition) is 0. The predicted octanol–water partition coefficient (Wildman–Crippen LogP) is 3.75. The molecule has 0 amide bonds. The van der Waals surface area contributed by atoms with E-state index in [0.717, 1.165) is 16.0 Å². The van der Waals surface area contributed by atoms with Crippen LogP contribution in [0.5, 0.6) is 0 Å². The lowest BCUT2D eigenvalue weighted by Gasteiger charge is -2.10. The van der Waals surface area contributed by atoms with E-state index in [1.807, 2.05) is 29.6 Å². The summed E-state index contributed by atoms with van der Waals surface area (Å²) in [4.78, 5) is 13.2. The Morgan fingerprint density at radius 1 is 1.25 bits per heavy atom. The Morgan fingerprint density at radius 3 is 2.96 bits per heavy atom. The number of rotatable bonds is 4. The largest absolute Gasteiger partial charge is 0.449 e. The zero-order valence-corrected chi connectivity index (χ0v) is 13.7. The number of benzene rings is 1. The van der Waals surface area contributed by atoms with Crippen molar-refractivity contribution in [1.29, 1.82) is 0 Å². The van der Waals surface area contributed by atoms with Crippen LogP contribution in [0.15, 0.2) is 40.1 Å². The van der Waals surface area contributed by atoms with Crippen molar-refractivity contribution in [2.75, 3.05) is 0 Å². The summed E-state index contributed by atoms with van der Waals surface area (Å²) < 4.78 is 16.4. The molecule has 0 radical (unpaired) electrons. The molecule has 4 rings (SSSR count). The molecule has 24 heavy (non-hydrogen) atoms. The standard InChI is InChI=1S/C17H14N2O4S/c1-10(15-18-19-16(23-15)14-3-2-6-24-14)22-17(20)11-4-5-12-8-21-9-13(12)7-11/h2-7,10H,8-9H2,1H3/t10-/m1/s1. The van der Waals surface area contributed by atoms with E-state index >= 15 is 0 Å². The van der Waals surface area contributed by atoms with Crippen molar-refractivity contribution < 1.29 is 18.7 Å². The summed E-state index contributed by atoms with van der Waals surface area (Å²) in [5.74, 6) is 0.280. The lowest BCUT2D eigenvalue weighted by Crippen LogP contribution is -2.10. The summed E-state index contributed by atoms with van der Waals surface area (Å²) in [6.07, 6.45) is -0.622. The van der Waals surface area contributed by atoms with Gasteiger partial charge in [-0.1, -0.05) is 12.1 Å². The van der Waals surface area contributed by atoms with E-state index in [4.69, 9.17) is 13.9 Å². The monoisotopic (exact) mass is 342 g/mol. The normalized spacial score (nSPS) is 14.4. The van der Waals surface area contributed by atoms with Crippen LogP contribution in [0.3, 0.4) is 0 Å². The van der Waals surface area contributed by atoms with Gasteiger partial charge in [0.1, 0.15) is 0 Å². The molecule has 1 atom stereocenters. The first-order valence-electron chi connectivity index (χ1n) is 7.48. The van der Waals surface area contributed by atoms with Gasteiger partial charge in [-0.3, -0.25) is 0 Å². The Balaban J connectivity index is 1.47. The minimum absolute atomic E-state index is 0.274. The number of hydrogen-bond acceptors (Lipinski definition) is 7. The molecule has 1 aliphatic heterocycles. The maximum Gasteiger partial charge on any atom is 0.338 e. The molecule has 3 aromatic rings. The number of fused-ring (bicyclic) bond motifs is 1. The first kappa shape index (κ1) is 15.0. The number of nitrogens with zero attached hydrogens (tertiary/aromatic N) is 2. The number of carbonyl (C=O) groups is 1. The van der Waals surface area contributed by atoms with Gasteiger partial charge >= 0.3 is 5.97 Å². The first-order valence-corrected chi connectivity index (χ1v) is 8.36. The van der Waals surface area contributed by atoms with E-state index in [9.17, 15) is 4.79 Å². The molecule has 122 valence electrons. The summed E-state index contributed by atoms with van der Waals surface area (Å²) in [6.45, 7) is 2.83. The van der Waals surface area contributed by atoms with Gasteiger partial charge in [0.25, 0.3) is 11.8 Å². The van der Waals surface area contributed by atoms with E-state index in [1.54, 1.807) is 13.0 Å². The minimum Gasteiger partial charge on any atom is -0.449 e. The average Bonchev–Trinajstić information content (AvgIpc) is 3.32. The van der Waals surface area contributed by atoms with Crippen molar-refractivity contribution in [3.8, 4) is 10.8 Å². The molecule has 0 N–H and O–H groups in total. The highest BCUT2D eigenvalue weighted by Crippen LogP contribution is 2.27. The van der Waals surface area contributed by atoms with Gasteiger partial charge in [-0.2, -0.15) is 0 Å². The van der Waals surface area contributed by atoms with Gasteiger partial charge in [0.05, 0.1) is 23.7 Å². The molecule has 0 aliphatic carbocycles. The molecule has 0 saturated heterocycles. The third-order valence-electron chi connectivity index (χ3n) is 3.76. The van der Waals surface area contributed by atoms with E-state index in [-0.39, 0.29) is 5.89 Å². The molecular formula is C17H14N2O4S. The molecule has 0 spiro atoms. The van der Waals surface area contributed by atoms with Gasteiger partial charge in [0.15, 0.2) is 6.10 Å². The Hall–Kier alpha value is -2.51. The molecule has 0 fully saturated rings. The Kier molecular flexibility index (Phi) is 3.87. The number of carbonyl (C=O) groups excluding carboxylic acids is 1. The highest BCUT2D eigenvalue weighted by atomic mass is 32.1. The van der Waals surface area contributed by atoms with Gasteiger partial charge in [-0.15, -0.1) is 21.5 Å². The maximum absolute atomic E-state index is 12.3. The summed E-state index contributed by atoms with van der Waals surface area (Å²) in [5.41, 5.74) is 2.62. The minimum atomic E-state index is -0.622. The highest BCUT2D eigenvalue weighted by molar-refractivity contribution is 7.13. The zero-order valence-electron chi connectivity index (χ0n) is 12.9.